The molecule has 0 bridgehead atoms. The van der Waals surface area contributed by atoms with Crippen molar-refractivity contribution in [2.45, 2.75) is 79.9 Å². The zero-order valence-corrected chi connectivity index (χ0v) is 15.9. The van der Waals surface area contributed by atoms with E-state index >= 15 is 0 Å². The predicted molar refractivity (Wildman–Crippen MR) is 89.8 cm³/mol. The summed E-state index contributed by atoms with van der Waals surface area (Å²) in [5, 5.41) is 88.7. The van der Waals surface area contributed by atoms with Gasteiger partial charge in [0.1, 0.15) is 54.9 Å². The number of ether oxygens (including phenoxy) is 5. The fourth-order valence-electron chi connectivity index (χ4n) is 3.45. The van der Waals surface area contributed by atoms with Gasteiger partial charge in [-0.3, -0.25) is 0 Å². The normalized spacial score (nSPS) is 51.4. The molecule has 9 N–H and O–H groups in total. The van der Waals surface area contributed by atoms with Crippen molar-refractivity contribution < 1.29 is 74.4 Å². The van der Waals surface area contributed by atoms with Crippen LogP contribution in [0.2, 0.25) is 0 Å². The summed E-state index contributed by atoms with van der Waals surface area (Å²) in [6.45, 7) is -0.911. The Labute approximate surface area is 174 Å². The highest BCUT2D eigenvalue weighted by Crippen LogP contribution is 2.30. The van der Waals surface area contributed by atoms with Crippen LogP contribution in [-0.2, 0) is 28.5 Å². The topological polar surface area (TPSA) is 245 Å². The first-order valence-electron chi connectivity index (χ1n) is 9.39. The van der Waals surface area contributed by atoms with Crippen molar-refractivity contribution in [2.24, 2.45) is 0 Å². The fraction of sp³-hybridized carbons (Fsp3) is 0.938. The molecule has 31 heavy (non-hydrogen) atoms. The molecular weight excluding hydrogens is 432 g/mol. The number of aliphatic hydroxyl groups excluding tert-OH is 8. The highest BCUT2D eigenvalue weighted by molar-refractivity contribution is 5.73. The summed E-state index contributed by atoms with van der Waals surface area (Å²) in [6, 6.07) is 0. The number of carboxylic acids is 1. The number of carboxylic acid groups (broad SMARTS) is 1. The lowest BCUT2D eigenvalue weighted by Gasteiger charge is -2.45. The van der Waals surface area contributed by atoms with Crippen molar-refractivity contribution in [3.63, 3.8) is 0 Å². The molecule has 0 aromatic heterocycles. The summed E-state index contributed by atoms with van der Waals surface area (Å²) in [6.07, 6.45) is -22.5. The van der Waals surface area contributed by atoms with E-state index < -0.39 is 99.1 Å². The van der Waals surface area contributed by atoms with E-state index in [2.05, 4.69) is 4.74 Å². The van der Waals surface area contributed by atoms with E-state index in [0.717, 1.165) is 0 Å². The summed E-state index contributed by atoms with van der Waals surface area (Å²) < 4.78 is 25.7. The van der Waals surface area contributed by atoms with Gasteiger partial charge in [-0.2, -0.15) is 0 Å². The first-order valence-corrected chi connectivity index (χ1v) is 9.39. The van der Waals surface area contributed by atoms with Gasteiger partial charge in [-0.05, 0) is 0 Å². The maximum absolute atomic E-state index is 11.2. The van der Waals surface area contributed by atoms with Gasteiger partial charge in [0.25, 0.3) is 0 Å². The van der Waals surface area contributed by atoms with Gasteiger partial charge in [0, 0.05) is 0 Å². The molecule has 3 heterocycles. The van der Waals surface area contributed by atoms with Crippen LogP contribution in [-0.4, -0.2) is 145 Å². The van der Waals surface area contributed by atoms with Crippen LogP contribution in [0.25, 0.3) is 0 Å². The van der Waals surface area contributed by atoms with E-state index in [0.29, 0.717) is 0 Å². The number of hydrogen-bond donors (Lipinski definition) is 9. The van der Waals surface area contributed by atoms with Gasteiger partial charge in [-0.15, -0.1) is 0 Å². The zero-order chi connectivity index (χ0) is 23.0. The van der Waals surface area contributed by atoms with Crippen molar-refractivity contribution in [1.29, 1.82) is 0 Å². The quantitative estimate of drug-likeness (QED) is 0.186. The van der Waals surface area contributed by atoms with Crippen LogP contribution in [0.4, 0.5) is 0 Å². The van der Waals surface area contributed by atoms with Crippen LogP contribution < -0.4 is 0 Å². The Morgan fingerprint density at radius 1 is 0.677 bits per heavy atom. The minimum absolute atomic E-state index is 0.426. The van der Waals surface area contributed by atoms with Crippen molar-refractivity contribution in [3.05, 3.63) is 0 Å². The van der Waals surface area contributed by atoms with Gasteiger partial charge in [0.15, 0.2) is 25.0 Å². The van der Waals surface area contributed by atoms with Crippen LogP contribution in [0.3, 0.4) is 0 Å². The lowest BCUT2D eigenvalue weighted by atomic mass is 9.98. The molecule has 3 rings (SSSR count). The highest BCUT2D eigenvalue weighted by atomic mass is 16.8. The van der Waals surface area contributed by atoms with Gasteiger partial charge >= 0.3 is 5.97 Å². The maximum Gasteiger partial charge on any atom is 0.335 e. The second-order valence-corrected chi connectivity index (χ2v) is 7.48. The Morgan fingerprint density at radius 2 is 1.23 bits per heavy atom. The third kappa shape index (κ3) is 4.98. The number of carbonyl (C=O) groups is 1. The lowest BCUT2D eigenvalue weighted by Crippen LogP contribution is -2.65. The molecule has 15 heteroatoms. The second-order valence-electron chi connectivity index (χ2n) is 7.48. The van der Waals surface area contributed by atoms with Crippen LogP contribution in [0, 0.1) is 0 Å². The van der Waals surface area contributed by atoms with E-state index in [-0.39, 0.29) is 0 Å². The summed E-state index contributed by atoms with van der Waals surface area (Å²) in [5.74, 6) is -1.65. The maximum atomic E-state index is 11.2. The third-order valence-corrected chi connectivity index (χ3v) is 5.27. The van der Waals surface area contributed by atoms with Gasteiger partial charge in [-0.25, -0.2) is 4.79 Å². The lowest BCUT2D eigenvalue weighted by molar-refractivity contribution is -0.368. The van der Waals surface area contributed by atoms with Crippen molar-refractivity contribution >= 4 is 5.97 Å². The van der Waals surface area contributed by atoms with Crippen LogP contribution in [0.15, 0.2) is 0 Å². The van der Waals surface area contributed by atoms with Gasteiger partial charge in [0.05, 0.1) is 13.2 Å². The van der Waals surface area contributed by atoms with Gasteiger partial charge in [0.2, 0.25) is 0 Å². The second kappa shape index (κ2) is 9.84. The largest absolute Gasteiger partial charge is 0.479 e. The molecule has 0 radical (unpaired) electrons. The molecule has 3 saturated heterocycles. The molecule has 0 aromatic carbocycles. The Hall–Kier alpha value is -1.05. The minimum Gasteiger partial charge on any atom is -0.479 e. The molecule has 0 spiro atoms. The first kappa shape index (κ1) is 24.6. The molecule has 3 aliphatic rings. The van der Waals surface area contributed by atoms with Crippen molar-refractivity contribution in [2.75, 3.05) is 13.2 Å². The molecular formula is C16H26O15. The van der Waals surface area contributed by atoms with E-state index in [1.165, 1.54) is 0 Å². The van der Waals surface area contributed by atoms with Gasteiger partial charge in [-0.1, -0.05) is 0 Å². The van der Waals surface area contributed by atoms with Crippen molar-refractivity contribution in [3.8, 4) is 0 Å². The molecule has 13 atom stereocenters. The molecule has 15 nitrogen and oxygen atoms in total. The number of aliphatic carboxylic acids is 1. The predicted octanol–water partition coefficient (Wildman–Crippen LogP) is -6.20. The summed E-state index contributed by atoms with van der Waals surface area (Å²) >= 11 is 0. The van der Waals surface area contributed by atoms with Crippen LogP contribution in [0.1, 0.15) is 0 Å². The molecule has 0 aliphatic carbocycles. The zero-order valence-electron chi connectivity index (χ0n) is 15.9. The Kier molecular flexibility index (Phi) is 7.80. The fourth-order valence-corrected chi connectivity index (χ4v) is 3.45. The molecule has 180 valence electrons. The third-order valence-electron chi connectivity index (χ3n) is 5.27. The van der Waals surface area contributed by atoms with E-state index in [1.807, 2.05) is 0 Å². The summed E-state index contributed by atoms with van der Waals surface area (Å²) in [7, 11) is 0. The molecule has 0 saturated carbocycles. The molecule has 0 unspecified atom stereocenters. The number of hydrogen-bond acceptors (Lipinski definition) is 14. The Morgan fingerprint density at radius 3 is 1.84 bits per heavy atom. The summed E-state index contributed by atoms with van der Waals surface area (Å²) in [5.41, 5.74) is 0. The monoisotopic (exact) mass is 458 g/mol. The average molecular weight is 458 g/mol. The average Bonchev–Trinajstić information content (AvgIpc) is 2.72. The van der Waals surface area contributed by atoms with Crippen molar-refractivity contribution in [1.82, 2.24) is 0 Å². The highest BCUT2D eigenvalue weighted by Gasteiger charge is 2.52. The van der Waals surface area contributed by atoms with Crippen LogP contribution >= 0.6 is 0 Å². The Bertz CT molecular complexity index is 620. The molecule has 3 fully saturated rings. The first-order chi connectivity index (χ1) is 14.5. The number of rotatable bonds is 5. The van der Waals surface area contributed by atoms with Gasteiger partial charge < -0.3 is 69.6 Å². The van der Waals surface area contributed by atoms with E-state index in [4.69, 9.17) is 24.1 Å². The number of aliphatic hydroxyl groups is 8. The SMILES string of the molecule is O=C(O)[C@H]1O[C@@H](O)[C@H](O)[C@@H](O[C@@H]2OC[C@H](O)[C@H](O)[C@H]2O[C@@H]2OC[C@H](O)[C@H](O)[C@H]2O)[C@@H]1O. The van der Waals surface area contributed by atoms with E-state index in [9.17, 15) is 45.6 Å². The van der Waals surface area contributed by atoms with Crippen LogP contribution in [0.5, 0.6) is 0 Å². The standard InChI is InChI=1S/C16H26O15/c17-3-1-27-15(7(21)5(3)19)31-12-6(20)4(18)2-28-16(12)30-10-8(22)11(13(24)25)29-14(26)9(10)23/h3-12,14-23,26H,1-2H2,(H,24,25)/t3-,4-,5-,6-,7+,8-,9+,10-,11-,12+,14+,15-,16-/m0/s1. The molecule has 0 amide bonds. The molecule has 0 aromatic rings. The summed E-state index contributed by atoms with van der Waals surface area (Å²) in [4.78, 5) is 11.2. The van der Waals surface area contributed by atoms with E-state index in [1.54, 1.807) is 0 Å². The molecule has 3 aliphatic heterocycles. The minimum atomic E-state index is -2.03. The Balaban J connectivity index is 1.77. The smallest absolute Gasteiger partial charge is 0.335 e.